The third kappa shape index (κ3) is 3.80. The summed E-state index contributed by atoms with van der Waals surface area (Å²) in [6.45, 7) is 16.4. The summed E-state index contributed by atoms with van der Waals surface area (Å²) in [5, 5.41) is 0. The highest BCUT2D eigenvalue weighted by molar-refractivity contribution is 5.02. The summed E-state index contributed by atoms with van der Waals surface area (Å²) in [6.07, 6.45) is 13.9. The lowest BCUT2D eigenvalue weighted by molar-refractivity contribution is 0.0490. The molecule has 0 spiro atoms. The van der Waals surface area contributed by atoms with E-state index in [1.807, 2.05) is 0 Å². The van der Waals surface area contributed by atoms with E-state index in [0.717, 1.165) is 35.5 Å². The summed E-state index contributed by atoms with van der Waals surface area (Å²) in [5.74, 6) is 5.28. The first-order valence-electron chi connectivity index (χ1n) is 10.0. The van der Waals surface area contributed by atoms with Crippen LogP contribution < -0.4 is 0 Å². The molecule has 4 atom stereocenters. The molecule has 128 valence electrons. The van der Waals surface area contributed by atoms with E-state index in [-0.39, 0.29) is 0 Å². The van der Waals surface area contributed by atoms with E-state index in [2.05, 4.69) is 47.3 Å². The minimum absolute atomic E-state index is 0.653. The average Bonchev–Trinajstić information content (AvgIpc) is 2.67. The van der Waals surface area contributed by atoms with Crippen LogP contribution in [0.15, 0.2) is 12.7 Å². The fourth-order valence-corrected chi connectivity index (χ4v) is 5.62. The van der Waals surface area contributed by atoms with Crippen LogP contribution >= 0.6 is 0 Å². The van der Waals surface area contributed by atoms with Crippen molar-refractivity contribution in [1.29, 1.82) is 0 Å². The number of allylic oxidation sites excluding steroid dienone is 1. The van der Waals surface area contributed by atoms with E-state index in [4.69, 9.17) is 0 Å². The maximum atomic E-state index is 4.25. The molecule has 2 fully saturated rings. The number of hydrogen-bond donors (Lipinski definition) is 0. The Hall–Kier alpha value is -0.260. The van der Waals surface area contributed by atoms with Crippen LogP contribution in [-0.4, -0.2) is 0 Å². The van der Waals surface area contributed by atoms with Crippen molar-refractivity contribution in [1.82, 2.24) is 0 Å². The molecular weight excluding hydrogens is 264 g/mol. The van der Waals surface area contributed by atoms with E-state index in [0.29, 0.717) is 5.41 Å². The summed E-state index contributed by atoms with van der Waals surface area (Å²) in [4.78, 5) is 0. The van der Waals surface area contributed by atoms with Gasteiger partial charge in [-0.2, -0.15) is 0 Å². The maximum Gasteiger partial charge on any atom is -0.0202 e. The molecule has 0 aromatic heterocycles. The Morgan fingerprint density at radius 3 is 2.09 bits per heavy atom. The van der Waals surface area contributed by atoms with Crippen molar-refractivity contribution in [2.45, 2.75) is 86.0 Å². The monoisotopic (exact) mass is 304 g/mol. The molecule has 2 aliphatic carbocycles. The van der Waals surface area contributed by atoms with Crippen LogP contribution in [0.1, 0.15) is 86.0 Å². The first kappa shape index (κ1) is 18.1. The lowest BCUT2D eigenvalue weighted by atomic mass is 9.59. The standard InChI is InChI=1S/C22H40/c1-7-19(12-16(3)4)20(8-2)15-22(21-10-9-11-21)13-17(5)18(6)14-22/h8,16-21H,2,7,9-15H2,1,3-6H3. The number of hydrogen-bond acceptors (Lipinski definition) is 0. The molecule has 0 heterocycles. The first-order valence-corrected chi connectivity index (χ1v) is 10.0. The predicted molar refractivity (Wildman–Crippen MR) is 98.9 cm³/mol. The predicted octanol–water partition coefficient (Wildman–Crippen LogP) is 7.10. The van der Waals surface area contributed by atoms with E-state index in [1.165, 1.54) is 51.4 Å². The molecule has 22 heavy (non-hydrogen) atoms. The fraction of sp³-hybridized carbons (Fsp3) is 0.909. The molecule has 0 bridgehead atoms. The van der Waals surface area contributed by atoms with Crippen molar-refractivity contribution >= 4 is 0 Å². The minimum atomic E-state index is 0.653. The van der Waals surface area contributed by atoms with Gasteiger partial charge < -0.3 is 0 Å². The van der Waals surface area contributed by atoms with Crippen LogP contribution in [0.4, 0.5) is 0 Å². The molecule has 0 aliphatic heterocycles. The van der Waals surface area contributed by atoms with Crippen LogP contribution in [0.5, 0.6) is 0 Å². The molecule has 2 rings (SSSR count). The van der Waals surface area contributed by atoms with Gasteiger partial charge in [0.25, 0.3) is 0 Å². The molecule has 2 saturated carbocycles. The third-order valence-electron chi connectivity index (χ3n) is 7.25. The van der Waals surface area contributed by atoms with Gasteiger partial charge in [-0.3, -0.25) is 0 Å². The van der Waals surface area contributed by atoms with Crippen molar-refractivity contribution in [3.05, 3.63) is 12.7 Å². The van der Waals surface area contributed by atoms with Crippen molar-refractivity contribution < 1.29 is 0 Å². The van der Waals surface area contributed by atoms with Gasteiger partial charge in [0.1, 0.15) is 0 Å². The second-order valence-electron chi connectivity index (χ2n) is 9.25. The Kier molecular flexibility index (Phi) is 6.20. The largest absolute Gasteiger partial charge is 0.103 e. The molecule has 2 aliphatic rings. The van der Waals surface area contributed by atoms with Gasteiger partial charge >= 0.3 is 0 Å². The zero-order chi connectivity index (χ0) is 16.3. The van der Waals surface area contributed by atoms with Crippen LogP contribution in [0.2, 0.25) is 0 Å². The molecule has 0 radical (unpaired) electrons. The molecule has 0 saturated heterocycles. The topological polar surface area (TPSA) is 0 Å². The first-order chi connectivity index (χ1) is 10.4. The molecule has 0 nitrogen and oxygen atoms in total. The Labute approximate surface area is 140 Å². The van der Waals surface area contributed by atoms with Crippen molar-refractivity contribution in [3.8, 4) is 0 Å². The van der Waals surface area contributed by atoms with Crippen LogP contribution in [0, 0.1) is 40.9 Å². The van der Waals surface area contributed by atoms with E-state index >= 15 is 0 Å². The van der Waals surface area contributed by atoms with Crippen molar-refractivity contribution in [2.24, 2.45) is 40.9 Å². The molecular formula is C22H40. The quantitative estimate of drug-likeness (QED) is 0.419. The summed E-state index contributed by atoms with van der Waals surface area (Å²) < 4.78 is 0. The Bertz CT molecular complexity index is 339. The summed E-state index contributed by atoms with van der Waals surface area (Å²) in [6, 6.07) is 0. The summed E-state index contributed by atoms with van der Waals surface area (Å²) in [5.41, 5.74) is 0.653. The average molecular weight is 305 g/mol. The molecule has 0 N–H and O–H groups in total. The number of rotatable bonds is 8. The van der Waals surface area contributed by atoms with Gasteiger partial charge in [0.15, 0.2) is 0 Å². The van der Waals surface area contributed by atoms with Crippen LogP contribution in [0.3, 0.4) is 0 Å². The van der Waals surface area contributed by atoms with Gasteiger partial charge in [-0.1, -0.05) is 53.5 Å². The van der Waals surface area contributed by atoms with Gasteiger partial charge in [0.05, 0.1) is 0 Å². The lowest BCUT2D eigenvalue weighted by Gasteiger charge is -2.46. The Morgan fingerprint density at radius 2 is 1.73 bits per heavy atom. The maximum absolute atomic E-state index is 4.25. The van der Waals surface area contributed by atoms with Crippen molar-refractivity contribution in [2.75, 3.05) is 0 Å². The van der Waals surface area contributed by atoms with Gasteiger partial charge in [-0.25, -0.2) is 0 Å². The highest BCUT2D eigenvalue weighted by Crippen LogP contribution is 2.59. The highest BCUT2D eigenvalue weighted by atomic mass is 14.5. The smallest absolute Gasteiger partial charge is 0.0202 e. The molecule has 4 unspecified atom stereocenters. The highest BCUT2D eigenvalue weighted by Gasteiger charge is 2.49. The minimum Gasteiger partial charge on any atom is -0.103 e. The zero-order valence-electron chi connectivity index (χ0n) is 15.9. The second kappa shape index (κ2) is 7.54. The van der Waals surface area contributed by atoms with E-state index in [1.54, 1.807) is 0 Å². The zero-order valence-corrected chi connectivity index (χ0v) is 15.9. The molecule has 0 aromatic carbocycles. The lowest BCUT2D eigenvalue weighted by Crippen LogP contribution is -2.36. The summed E-state index contributed by atoms with van der Waals surface area (Å²) in [7, 11) is 0. The van der Waals surface area contributed by atoms with Crippen LogP contribution in [0.25, 0.3) is 0 Å². The second-order valence-corrected chi connectivity index (χ2v) is 9.25. The van der Waals surface area contributed by atoms with Gasteiger partial charge in [0.2, 0.25) is 0 Å². The van der Waals surface area contributed by atoms with E-state index in [9.17, 15) is 0 Å². The SMILES string of the molecule is C=CC(CC1(C2CCC2)CC(C)C(C)C1)C(CC)CC(C)C. The van der Waals surface area contributed by atoms with Gasteiger partial charge in [-0.05, 0) is 79.4 Å². The summed E-state index contributed by atoms with van der Waals surface area (Å²) >= 11 is 0. The van der Waals surface area contributed by atoms with Crippen LogP contribution in [-0.2, 0) is 0 Å². The molecule has 0 amide bonds. The normalized spacial score (nSPS) is 35.4. The Balaban J connectivity index is 2.12. The molecule has 0 heteroatoms. The van der Waals surface area contributed by atoms with Crippen molar-refractivity contribution in [3.63, 3.8) is 0 Å². The van der Waals surface area contributed by atoms with Gasteiger partial charge in [-0.15, -0.1) is 6.58 Å². The van der Waals surface area contributed by atoms with Gasteiger partial charge in [0, 0.05) is 0 Å². The van der Waals surface area contributed by atoms with E-state index < -0.39 is 0 Å². The Morgan fingerprint density at radius 1 is 1.14 bits per heavy atom. The fourth-order valence-electron chi connectivity index (χ4n) is 5.62. The third-order valence-corrected chi connectivity index (χ3v) is 7.25. The molecule has 0 aromatic rings.